The molecule has 214 valence electrons. The van der Waals surface area contributed by atoms with Gasteiger partial charge in [0, 0.05) is 7.05 Å². The largest absolute Gasteiger partial charge is 0.465 e. The Morgan fingerprint density at radius 2 is 2.12 bits per heavy atom. The number of aryl methyl sites for hydroxylation is 1. The average Bonchev–Trinajstić information content (AvgIpc) is 3.46. The fourth-order valence-electron chi connectivity index (χ4n) is 4.12. The molecule has 0 amide bonds. The summed E-state index contributed by atoms with van der Waals surface area (Å²) in [6.07, 6.45) is 2.32. The Bertz CT molecular complexity index is 1450. The minimum atomic E-state index is -3.47. The van der Waals surface area contributed by atoms with Crippen molar-refractivity contribution in [2.75, 3.05) is 25.6 Å². The van der Waals surface area contributed by atoms with E-state index >= 15 is 4.39 Å². The van der Waals surface area contributed by atoms with E-state index in [4.69, 9.17) is 36.8 Å². The maximum atomic E-state index is 16.2. The van der Waals surface area contributed by atoms with Crippen molar-refractivity contribution in [2.45, 2.75) is 50.9 Å². The van der Waals surface area contributed by atoms with Crippen LogP contribution >= 0.6 is 6.64 Å². The molecule has 4 rings (SSSR count). The molecule has 1 fully saturated rings. The van der Waals surface area contributed by atoms with Crippen LogP contribution in [-0.2, 0) is 30.6 Å². The van der Waals surface area contributed by atoms with Gasteiger partial charge in [-0.2, -0.15) is 0 Å². The van der Waals surface area contributed by atoms with Crippen LogP contribution in [-0.4, -0.2) is 74.8 Å². The standard InChI is InChI=1S/C25H30FN6O6PS/c1-6-25(26)20(33)18(37-24(25)32-14-28-19-21(27-5)29-16(4)30-22(19)32)13-36-39(40,31-15(3)23(34)35-7-2)38-17-11-9-8-10-12-17/h1,8-12,14-15,18,20,24,33H,7,13H2,2-5H3,(H,31,40)(H,27,29,30)/t15-,18+,20+,24+,25+,39+/m0/s1. The molecule has 1 aliphatic heterocycles. The zero-order chi connectivity index (χ0) is 29.1. The van der Waals surface area contributed by atoms with Crippen molar-refractivity contribution in [1.29, 1.82) is 0 Å². The number of rotatable bonds is 11. The molecule has 3 aromatic rings. The van der Waals surface area contributed by atoms with Gasteiger partial charge >= 0.3 is 12.6 Å². The van der Waals surface area contributed by atoms with Crippen LogP contribution in [0.15, 0.2) is 36.7 Å². The van der Waals surface area contributed by atoms with Gasteiger partial charge in [-0.25, -0.2) is 24.4 Å². The number of aromatic nitrogens is 4. The fraction of sp³-hybridized carbons (Fsp3) is 0.440. The van der Waals surface area contributed by atoms with Crippen molar-refractivity contribution < 1.29 is 32.8 Å². The lowest BCUT2D eigenvalue weighted by Crippen LogP contribution is -2.42. The Balaban J connectivity index is 1.60. The summed E-state index contributed by atoms with van der Waals surface area (Å²) in [5.74, 6) is 2.69. The van der Waals surface area contributed by atoms with E-state index in [0.29, 0.717) is 22.9 Å². The smallest absolute Gasteiger partial charge is 0.323 e. The van der Waals surface area contributed by atoms with Gasteiger partial charge in [-0.05, 0) is 44.7 Å². The maximum Gasteiger partial charge on any atom is 0.323 e. The molecule has 0 spiro atoms. The molecule has 1 aromatic carbocycles. The molecule has 2 aromatic heterocycles. The van der Waals surface area contributed by atoms with E-state index in [0.717, 1.165) is 0 Å². The number of para-hydroxylation sites is 1. The molecular formula is C25H30FN6O6PS. The van der Waals surface area contributed by atoms with E-state index in [2.05, 4.69) is 25.4 Å². The number of carbonyl (C=O) groups is 1. The second-order valence-corrected chi connectivity index (χ2v) is 12.0. The Kier molecular flexibility index (Phi) is 9.04. The summed E-state index contributed by atoms with van der Waals surface area (Å²) >= 11 is 5.67. The highest BCUT2D eigenvalue weighted by molar-refractivity contribution is 8.09. The van der Waals surface area contributed by atoms with Crippen LogP contribution in [0.2, 0.25) is 0 Å². The third-order valence-corrected chi connectivity index (χ3v) is 8.56. The number of fused-ring (bicyclic) bond motifs is 1. The van der Waals surface area contributed by atoms with E-state index in [1.54, 1.807) is 58.2 Å². The van der Waals surface area contributed by atoms with Gasteiger partial charge in [-0.1, -0.05) is 24.1 Å². The summed E-state index contributed by atoms with van der Waals surface area (Å²) in [6, 6.07) is 7.71. The normalized spacial score (nSPS) is 24.7. The molecule has 3 heterocycles. The number of aliphatic hydroxyl groups is 1. The van der Waals surface area contributed by atoms with Crippen LogP contribution in [0.4, 0.5) is 10.2 Å². The second-order valence-electron chi connectivity index (χ2n) is 8.88. The number of benzene rings is 1. The molecule has 0 unspecified atom stereocenters. The van der Waals surface area contributed by atoms with Crippen molar-refractivity contribution in [3.05, 3.63) is 42.5 Å². The van der Waals surface area contributed by atoms with Crippen molar-refractivity contribution in [3.63, 3.8) is 0 Å². The number of imidazole rings is 1. The second kappa shape index (κ2) is 12.1. The number of hydrogen-bond donors (Lipinski definition) is 3. The van der Waals surface area contributed by atoms with Gasteiger partial charge in [0.05, 0.1) is 19.5 Å². The first-order valence-corrected chi connectivity index (χ1v) is 15.0. The molecule has 1 aliphatic rings. The van der Waals surface area contributed by atoms with Crippen LogP contribution in [0.3, 0.4) is 0 Å². The van der Waals surface area contributed by atoms with Gasteiger partial charge in [0.15, 0.2) is 23.2 Å². The van der Waals surface area contributed by atoms with Crippen LogP contribution in [0.5, 0.6) is 5.75 Å². The maximum absolute atomic E-state index is 16.2. The molecule has 0 bridgehead atoms. The lowest BCUT2D eigenvalue weighted by Gasteiger charge is -2.27. The van der Waals surface area contributed by atoms with E-state index in [1.807, 2.05) is 5.92 Å². The Hall–Kier alpha value is -3.18. The summed E-state index contributed by atoms with van der Waals surface area (Å²) in [5.41, 5.74) is -2.04. The minimum Gasteiger partial charge on any atom is -0.465 e. The summed E-state index contributed by atoms with van der Waals surface area (Å²) in [5, 5.41) is 16.8. The lowest BCUT2D eigenvalue weighted by molar-refractivity contribution is -0.144. The number of carbonyl (C=O) groups excluding carboxylic acids is 1. The number of ether oxygens (including phenoxy) is 2. The lowest BCUT2D eigenvalue weighted by atomic mass is 9.97. The molecule has 6 atom stereocenters. The minimum absolute atomic E-state index is 0.172. The van der Waals surface area contributed by atoms with Crippen molar-refractivity contribution in [1.82, 2.24) is 24.6 Å². The molecule has 0 aliphatic carbocycles. The third kappa shape index (κ3) is 5.95. The van der Waals surface area contributed by atoms with Crippen LogP contribution in [0.1, 0.15) is 25.9 Å². The molecule has 1 saturated heterocycles. The van der Waals surface area contributed by atoms with E-state index in [9.17, 15) is 9.90 Å². The number of esters is 1. The van der Waals surface area contributed by atoms with Crippen LogP contribution in [0, 0.1) is 19.3 Å². The van der Waals surface area contributed by atoms with Crippen molar-refractivity contribution in [2.24, 2.45) is 0 Å². The van der Waals surface area contributed by atoms with Gasteiger partial charge in [0.25, 0.3) is 0 Å². The molecule has 15 heteroatoms. The summed E-state index contributed by atoms with van der Waals surface area (Å²) in [4.78, 5) is 25.2. The van der Waals surface area contributed by atoms with Crippen LogP contribution in [0.25, 0.3) is 11.2 Å². The molecular weight excluding hydrogens is 562 g/mol. The van der Waals surface area contributed by atoms with E-state index < -0.39 is 49.4 Å². The molecule has 0 saturated carbocycles. The van der Waals surface area contributed by atoms with Crippen molar-refractivity contribution >= 4 is 41.4 Å². The van der Waals surface area contributed by atoms with E-state index in [-0.39, 0.29) is 12.3 Å². The van der Waals surface area contributed by atoms with Gasteiger partial charge < -0.3 is 28.9 Å². The SMILES string of the molecule is C#C[C@@]1(F)[C@H](O)[C@@H](CO[P@](=S)(N[C@@H](C)C(=O)OCC)Oc2ccccc2)O[C@H]1n1cnc2c(NC)nc(C)nc21. The van der Waals surface area contributed by atoms with Gasteiger partial charge in [0.1, 0.15) is 29.8 Å². The number of alkyl halides is 1. The highest BCUT2D eigenvalue weighted by atomic mass is 32.5. The predicted octanol–water partition coefficient (Wildman–Crippen LogP) is 2.64. The van der Waals surface area contributed by atoms with Crippen molar-refractivity contribution in [3.8, 4) is 18.1 Å². The molecule has 40 heavy (non-hydrogen) atoms. The topological polar surface area (TPSA) is 142 Å². The average molecular weight is 593 g/mol. The molecule has 3 N–H and O–H groups in total. The quantitative estimate of drug-likeness (QED) is 0.171. The number of hydrogen-bond acceptors (Lipinski definition) is 11. The first-order chi connectivity index (χ1) is 19.0. The molecule has 0 radical (unpaired) electrons. The highest BCUT2D eigenvalue weighted by Gasteiger charge is 2.58. The third-order valence-electron chi connectivity index (χ3n) is 6.06. The zero-order valence-electron chi connectivity index (χ0n) is 22.3. The summed E-state index contributed by atoms with van der Waals surface area (Å²) in [7, 11) is 1.67. The summed E-state index contributed by atoms with van der Waals surface area (Å²) < 4.78 is 40.4. The van der Waals surface area contributed by atoms with Gasteiger partial charge in [-0.3, -0.25) is 9.36 Å². The number of aliphatic hydroxyl groups excluding tert-OH is 1. The zero-order valence-corrected chi connectivity index (χ0v) is 24.0. The number of nitrogens with zero attached hydrogens (tertiary/aromatic N) is 4. The number of nitrogens with one attached hydrogen (secondary N) is 2. The highest BCUT2D eigenvalue weighted by Crippen LogP contribution is 2.48. The first kappa shape index (κ1) is 29.8. The fourth-order valence-corrected chi connectivity index (χ4v) is 6.54. The summed E-state index contributed by atoms with van der Waals surface area (Å²) in [6.45, 7) is 1.18. The Morgan fingerprint density at radius 3 is 2.77 bits per heavy atom. The number of terminal acetylenes is 1. The van der Waals surface area contributed by atoms with Gasteiger partial charge in [-0.15, -0.1) is 6.42 Å². The number of anilines is 1. The van der Waals surface area contributed by atoms with Crippen LogP contribution < -0.4 is 14.9 Å². The Labute approximate surface area is 235 Å². The predicted molar refractivity (Wildman–Crippen MR) is 149 cm³/mol. The van der Waals surface area contributed by atoms with Gasteiger partial charge in [0.2, 0.25) is 5.67 Å². The Morgan fingerprint density at radius 1 is 1.40 bits per heavy atom. The number of halogens is 1. The first-order valence-electron chi connectivity index (χ1n) is 12.4. The van der Waals surface area contributed by atoms with E-state index in [1.165, 1.54) is 10.9 Å². The monoisotopic (exact) mass is 592 g/mol. The molecule has 12 nitrogen and oxygen atoms in total.